The van der Waals surface area contributed by atoms with Crippen LogP contribution in [0.25, 0.3) is 0 Å². The summed E-state index contributed by atoms with van der Waals surface area (Å²) in [5.74, 6) is 0.840. The maximum absolute atomic E-state index is 12.0. The summed E-state index contributed by atoms with van der Waals surface area (Å²) >= 11 is 5.03. The number of rotatable bonds is 2. The molecule has 1 saturated carbocycles. The molecule has 0 aromatic carbocycles. The van der Waals surface area contributed by atoms with E-state index in [2.05, 4.69) is 26.3 Å². The minimum Gasteiger partial charge on any atom is -0.287 e. The van der Waals surface area contributed by atoms with E-state index in [4.69, 9.17) is 0 Å². The normalized spacial score (nSPS) is 26.2. The van der Waals surface area contributed by atoms with Gasteiger partial charge >= 0.3 is 0 Å². The molecule has 1 aromatic heterocycles. The molecule has 2 fully saturated rings. The minimum atomic E-state index is -0.0190. The number of halogens is 1. The number of hydrogen-bond acceptors (Lipinski definition) is 3. The molecule has 1 aliphatic carbocycles. The fourth-order valence-corrected chi connectivity index (χ4v) is 3.50. The summed E-state index contributed by atoms with van der Waals surface area (Å²) in [7, 11) is 0. The van der Waals surface area contributed by atoms with Crippen molar-refractivity contribution >= 4 is 38.3 Å². The number of carbonyl (C=O) groups is 1. The molecule has 3 nitrogen and oxygen atoms in total. The first-order valence-electron chi connectivity index (χ1n) is 5.66. The molecule has 86 valence electrons. The minimum absolute atomic E-state index is 0.0190. The number of piperidine rings is 1. The average Bonchev–Trinajstić information content (AvgIpc) is 3.02. The van der Waals surface area contributed by atoms with E-state index in [-0.39, 0.29) is 10.7 Å². The zero-order chi connectivity index (χ0) is 11.1. The standard InChI is InChI=1S/C11H13BrN2OS/c12-8-2-1-5-14(10(8)15)11-13-9(6-16-11)7-3-4-7/h6-8H,1-5H2. The number of nitrogens with zero attached hydrogens (tertiary/aromatic N) is 2. The number of alkyl halides is 1. The molecule has 0 radical (unpaired) electrons. The van der Waals surface area contributed by atoms with Crippen LogP contribution in [0.1, 0.15) is 37.3 Å². The Hall–Kier alpha value is -0.420. The lowest BCUT2D eigenvalue weighted by molar-refractivity contribution is -0.118. The molecule has 1 aliphatic heterocycles. The molecule has 1 aromatic rings. The van der Waals surface area contributed by atoms with Crippen LogP contribution in [0, 0.1) is 0 Å². The van der Waals surface area contributed by atoms with Crippen molar-refractivity contribution in [3.63, 3.8) is 0 Å². The van der Waals surface area contributed by atoms with E-state index in [1.54, 1.807) is 11.3 Å². The molecule has 0 bridgehead atoms. The van der Waals surface area contributed by atoms with E-state index in [1.807, 2.05) is 4.90 Å². The van der Waals surface area contributed by atoms with E-state index in [1.165, 1.54) is 18.5 Å². The summed E-state index contributed by atoms with van der Waals surface area (Å²) in [4.78, 5) is 18.4. The molecule has 0 N–H and O–H groups in total. The molecule has 2 aliphatic rings. The van der Waals surface area contributed by atoms with Gasteiger partial charge in [-0.05, 0) is 25.7 Å². The van der Waals surface area contributed by atoms with Crippen LogP contribution >= 0.6 is 27.3 Å². The maximum atomic E-state index is 12.0. The van der Waals surface area contributed by atoms with E-state index in [0.717, 1.165) is 24.5 Å². The van der Waals surface area contributed by atoms with Crippen molar-refractivity contribution in [2.24, 2.45) is 0 Å². The van der Waals surface area contributed by atoms with Crippen LogP contribution in [0.3, 0.4) is 0 Å². The Morgan fingerprint density at radius 1 is 1.44 bits per heavy atom. The third kappa shape index (κ3) is 1.91. The molecule has 2 heterocycles. The Labute approximate surface area is 107 Å². The molecule has 5 heteroatoms. The molecule has 1 saturated heterocycles. The Morgan fingerprint density at radius 3 is 3.00 bits per heavy atom. The number of amides is 1. The van der Waals surface area contributed by atoms with Crippen molar-refractivity contribution in [2.45, 2.75) is 36.4 Å². The van der Waals surface area contributed by atoms with Crippen molar-refractivity contribution in [3.8, 4) is 0 Å². The van der Waals surface area contributed by atoms with Crippen molar-refractivity contribution in [1.82, 2.24) is 4.98 Å². The van der Waals surface area contributed by atoms with Gasteiger partial charge in [-0.15, -0.1) is 11.3 Å². The van der Waals surface area contributed by atoms with Crippen LogP contribution in [0.4, 0.5) is 5.13 Å². The molecule has 1 unspecified atom stereocenters. The maximum Gasteiger partial charge on any atom is 0.242 e. The first-order chi connectivity index (χ1) is 7.75. The van der Waals surface area contributed by atoms with Gasteiger partial charge in [0, 0.05) is 17.8 Å². The van der Waals surface area contributed by atoms with Crippen LogP contribution < -0.4 is 4.90 Å². The molecule has 3 rings (SSSR count). The molecule has 16 heavy (non-hydrogen) atoms. The van der Waals surface area contributed by atoms with Gasteiger partial charge < -0.3 is 0 Å². The fourth-order valence-electron chi connectivity index (χ4n) is 1.99. The largest absolute Gasteiger partial charge is 0.287 e. The second-order valence-electron chi connectivity index (χ2n) is 4.43. The summed E-state index contributed by atoms with van der Waals surface area (Å²) in [6.45, 7) is 0.818. The SMILES string of the molecule is O=C1C(Br)CCCN1c1nc(C2CC2)cs1. The predicted molar refractivity (Wildman–Crippen MR) is 68.4 cm³/mol. The van der Waals surface area contributed by atoms with Crippen LogP contribution in [-0.2, 0) is 4.79 Å². The first-order valence-corrected chi connectivity index (χ1v) is 7.46. The molecular formula is C11H13BrN2OS. The highest BCUT2D eigenvalue weighted by Crippen LogP contribution is 2.41. The Morgan fingerprint density at radius 2 is 2.25 bits per heavy atom. The highest BCUT2D eigenvalue weighted by Gasteiger charge is 2.31. The number of aromatic nitrogens is 1. The monoisotopic (exact) mass is 300 g/mol. The van der Waals surface area contributed by atoms with Crippen molar-refractivity contribution in [3.05, 3.63) is 11.1 Å². The van der Waals surface area contributed by atoms with Crippen molar-refractivity contribution < 1.29 is 4.79 Å². The Balaban J connectivity index is 1.81. The van der Waals surface area contributed by atoms with Crippen molar-refractivity contribution in [1.29, 1.82) is 0 Å². The molecular weight excluding hydrogens is 288 g/mol. The van der Waals surface area contributed by atoms with Crippen LogP contribution in [0.5, 0.6) is 0 Å². The number of hydrogen-bond donors (Lipinski definition) is 0. The summed E-state index contributed by atoms with van der Waals surface area (Å²) < 4.78 is 0. The lowest BCUT2D eigenvalue weighted by Crippen LogP contribution is -2.41. The van der Waals surface area contributed by atoms with Gasteiger partial charge in [0.1, 0.15) is 0 Å². The van der Waals surface area contributed by atoms with Crippen LogP contribution in [-0.4, -0.2) is 22.3 Å². The van der Waals surface area contributed by atoms with Gasteiger partial charge in [0.25, 0.3) is 0 Å². The van der Waals surface area contributed by atoms with E-state index in [9.17, 15) is 4.79 Å². The number of thiazole rings is 1. The molecule has 1 amide bonds. The quantitative estimate of drug-likeness (QED) is 0.787. The van der Waals surface area contributed by atoms with Gasteiger partial charge in [0.15, 0.2) is 5.13 Å². The van der Waals surface area contributed by atoms with Gasteiger partial charge in [-0.25, -0.2) is 4.98 Å². The smallest absolute Gasteiger partial charge is 0.242 e. The summed E-state index contributed by atoms with van der Waals surface area (Å²) in [6.07, 6.45) is 4.52. The highest BCUT2D eigenvalue weighted by molar-refractivity contribution is 9.10. The Kier molecular flexibility index (Phi) is 2.75. The van der Waals surface area contributed by atoms with Crippen LogP contribution in [0.2, 0.25) is 0 Å². The van der Waals surface area contributed by atoms with E-state index >= 15 is 0 Å². The van der Waals surface area contributed by atoms with Gasteiger partial charge in [-0.2, -0.15) is 0 Å². The molecule has 0 spiro atoms. The topological polar surface area (TPSA) is 33.2 Å². The summed E-state index contributed by atoms with van der Waals surface area (Å²) in [5.41, 5.74) is 1.18. The van der Waals surface area contributed by atoms with Crippen LogP contribution in [0.15, 0.2) is 5.38 Å². The second-order valence-corrected chi connectivity index (χ2v) is 6.37. The second kappa shape index (κ2) is 4.11. The zero-order valence-corrected chi connectivity index (χ0v) is 11.3. The first kappa shape index (κ1) is 10.7. The number of carbonyl (C=O) groups excluding carboxylic acids is 1. The lowest BCUT2D eigenvalue weighted by Gasteiger charge is -2.27. The van der Waals surface area contributed by atoms with Gasteiger partial charge in [-0.1, -0.05) is 15.9 Å². The van der Waals surface area contributed by atoms with E-state index in [0.29, 0.717) is 5.92 Å². The fraction of sp³-hybridized carbons (Fsp3) is 0.636. The molecule has 1 atom stereocenters. The van der Waals surface area contributed by atoms with Gasteiger partial charge in [-0.3, -0.25) is 9.69 Å². The predicted octanol–water partition coefficient (Wildman–Crippen LogP) is 2.91. The lowest BCUT2D eigenvalue weighted by atomic mass is 10.1. The average molecular weight is 301 g/mol. The van der Waals surface area contributed by atoms with Crippen molar-refractivity contribution in [2.75, 3.05) is 11.4 Å². The highest BCUT2D eigenvalue weighted by atomic mass is 79.9. The van der Waals surface area contributed by atoms with E-state index < -0.39 is 0 Å². The van der Waals surface area contributed by atoms with Gasteiger partial charge in [0.05, 0.1) is 10.5 Å². The number of anilines is 1. The third-order valence-corrected chi connectivity index (χ3v) is 4.84. The Bertz CT molecular complexity index is 416. The third-order valence-electron chi connectivity index (χ3n) is 3.11. The summed E-state index contributed by atoms with van der Waals surface area (Å²) in [5, 5.41) is 2.99. The zero-order valence-electron chi connectivity index (χ0n) is 8.86. The van der Waals surface area contributed by atoms with Gasteiger partial charge in [0.2, 0.25) is 5.91 Å². The summed E-state index contributed by atoms with van der Waals surface area (Å²) in [6, 6.07) is 0.